The number of thioether (sulfide) groups is 1. The number of nitrogens with one attached hydrogen (secondary N) is 1. The number of aromatic nitrogens is 3. The summed E-state index contributed by atoms with van der Waals surface area (Å²) in [6.45, 7) is 1.92. The fourth-order valence-electron chi connectivity index (χ4n) is 3.13. The molecule has 1 N–H and O–H groups in total. The fourth-order valence-corrected chi connectivity index (χ4v) is 4.21. The second-order valence-corrected chi connectivity index (χ2v) is 8.96. The van der Waals surface area contributed by atoms with E-state index in [-0.39, 0.29) is 11.7 Å². The summed E-state index contributed by atoms with van der Waals surface area (Å²) in [6.07, 6.45) is 0.616. The van der Waals surface area contributed by atoms with Crippen molar-refractivity contribution in [3.8, 4) is 5.69 Å². The molecule has 8 heteroatoms. The molecule has 0 radical (unpaired) electrons. The molecule has 1 amide bonds. The molecule has 0 aliphatic carbocycles. The lowest BCUT2D eigenvalue weighted by atomic mass is 10.1. The molecule has 0 aliphatic rings. The van der Waals surface area contributed by atoms with Crippen LogP contribution in [-0.4, -0.2) is 26.4 Å². The molecule has 4 rings (SSSR count). The Morgan fingerprint density at radius 2 is 1.75 bits per heavy atom. The van der Waals surface area contributed by atoms with Crippen LogP contribution >= 0.6 is 35.0 Å². The monoisotopic (exact) mass is 482 g/mol. The van der Waals surface area contributed by atoms with Crippen molar-refractivity contribution in [2.24, 2.45) is 0 Å². The predicted octanol–water partition coefficient (Wildman–Crippen LogP) is 6.20. The Kier molecular flexibility index (Phi) is 7.15. The van der Waals surface area contributed by atoms with Gasteiger partial charge < -0.3 is 5.32 Å². The van der Waals surface area contributed by atoms with E-state index in [1.165, 1.54) is 11.8 Å². The molecular formula is C24H20Cl2N4OS. The van der Waals surface area contributed by atoms with E-state index in [0.29, 0.717) is 27.3 Å². The molecule has 0 saturated heterocycles. The minimum Gasteiger partial charge on any atom is -0.325 e. The van der Waals surface area contributed by atoms with Gasteiger partial charge in [0.25, 0.3) is 0 Å². The van der Waals surface area contributed by atoms with Crippen LogP contribution in [0.5, 0.6) is 0 Å². The van der Waals surface area contributed by atoms with Crippen molar-refractivity contribution in [3.05, 3.63) is 99.8 Å². The molecular weight excluding hydrogens is 463 g/mol. The van der Waals surface area contributed by atoms with Crippen molar-refractivity contribution in [3.63, 3.8) is 0 Å². The van der Waals surface area contributed by atoms with Crippen LogP contribution in [0.3, 0.4) is 0 Å². The third-order valence-electron chi connectivity index (χ3n) is 4.78. The van der Waals surface area contributed by atoms with E-state index in [0.717, 1.165) is 22.6 Å². The average molecular weight is 483 g/mol. The minimum atomic E-state index is -0.148. The molecule has 162 valence electrons. The normalized spacial score (nSPS) is 10.8. The first-order valence-electron chi connectivity index (χ1n) is 9.92. The summed E-state index contributed by atoms with van der Waals surface area (Å²) in [4.78, 5) is 12.5. The van der Waals surface area contributed by atoms with Gasteiger partial charge in [0.05, 0.1) is 5.75 Å². The summed E-state index contributed by atoms with van der Waals surface area (Å²) in [7, 11) is 0. The maximum Gasteiger partial charge on any atom is 0.234 e. The Morgan fingerprint density at radius 3 is 2.47 bits per heavy atom. The van der Waals surface area contributed by atoms with Crippen molar-refractivity contribution >= 4 is 46.6 Å². The van der Waals surface area contributed by atoms with E-state index in [1.54, 1.807) is 6.07 Å². The number of nitrogens with zero attached hydrogens (tertiary/aromatic N) is 3. The van der Waals surface area contributed by atoms with Crippen molar-refractivity contribution in [2.75, 3.05) is 11.1 Å². The maximum absolute atomic E-state index is 12.5. The van der Waals surface area contributed by atoms with Crippen LogP contribution in [0.15, 0.2) is 78.0 Å². The van der Waals surface area contributed by atoms with Gasteiger partial charge in [0.15, 0.2) is 5.16 Å². The number of halogens is 2. The number of carbonyl (C=O) groups excluding carboxylic acids is 1. The molecule has 1 heterocycles. The SMILES string of the molecule is Cc1ccc(NC(=O)CSc2nnc(Cc3ccccc3)n2-c2ccc(Cl)cc2)cc1Cl. The fraction of sp³-hybridized carbons (Fsp3) is 0.125. The Labute approximate surface area is 200 Å². The predicted molar refractivity (Wildman–Crippen MR) is 131 cm³/mol. The van der Waals surface area contributed by atoms with Gasteiger partial charge in [-0.05, 0) is 54.4 Å². The van der Waals surface area contributed by atoms with Gasteiger partial charge in [-0.15, -0.1) is 10.2 Å². The highest BCUT2D eigenvalue weighted by Gasteiger charge is 2.16. The smallest absolute Gasteiger partial charge is 0.234 e. The van der Waals surface area contributed by atoms with E-state index >= 15 is 0 Å². The molecule has 3 aromatic carbocycles. The number of rotatable bonds is 7. The number of amides is 1. The zero-order valence-electron chi connectivity index (χ0n) is 17.3. The third-order valence-corrected chi connectivity index (χ3v) is 6.37. The quantitative estimate of drug-likeness (QED) is 0.318. The summed E-state index contributed by atoms with van der Waals surface area (Å²) < 4.78 is 1.96. The highest BCUT2D eigenvalue weighted by molar-refractivity contribution is 7.99. The topological polar surface area (TPSA) is 59.8 Å². The van der Waals surface area contributed by atoms with E-state index in [4.69, 9.17) is 23.2 Å². The van der Waals surface area contributed by atoms with Crippen LogP contribution < -0.4 is 5.32 Å². The van der Waals surface area contributed by atoms with Gasteiger partial charge >= 0.3 is 0 Å². The van der Waals surface area contributed by atoms with Crippen LogP contribution in [0.25, 0.3) is 5.69 Å². The van der Waals surface area contributed by atoms with Gasteiger partial charge in [0.2, 0.25) is 5.91 Å². The number of hydrogen-bond acceptors (Lipinski definition) is 4. The molecule has 0 spiro atoms. The number of carbonyl (C=O) groups is 1. The summed E-state index contributed by atoms with van der Waals surface area (Å²) in [5.74, 6) is 0.819. The second kappa shape index (κ2) is 10.2. The Hall–Kier alpha value is -2.80. The summed E-state index contributed by atoms with van der Waals surface area (Å²) in [6, 6.07) is 23.0. The van der Waals surface area contributed by atoms with Crippen molar-refractivity contribution in [2.45, 2.75) is 18.5 Å². The van der Waals surface area contributed by atoms with Crippen molar-refractivity contribution in [1.29, 1.82) is 0 Å². The lowest BCUT2D eigenvalue weighted by Crippen LogP contribution is -2.14. The Morgan fingerprint density at radius 1 is 1.00 bits per heavy atom. The molecule has 4 aromatic rings. The molecule has 0 aliphatic heterocycles. The lowest BCUT2D eigenvalue weighted by Gasteiger charge is -2.11. The van der Waals surface area contributed by atoms with Crippen LogP contribution in [0.2, 0.25) is 10.0 Å². The van der Waals surface area contributed by atoms with Gasteiger partial charge in [-0.3, -0.25) is 9.36 Å². The van der Waals surface area contributed by atoms with Gasteiger partial charge in [-0.1, -0.05) is 71.4 Å². The second-order valence-electron chi connectivity index (χ2n) is 7.17. The van der Waals surface area contributed by atoms with E-state index < -0.39 is 0 Å². The van der Waals surface area contributed by atoms with Gasteiger partial charge in [0, 0.05) is 27.8 Å². The highest BCUT2D eigenvalue weighted by Crippen LogP contribution is 2.25. The maximum atomic E-state index is 12.5. The standard InChI is InChI=1S/C24H20Cl2N4OS/c1-16-7-10-19(14-21(16)26)27-23(31)15-32-24-29-28-22(13-17-5-3-2-4-6-17)30(24)20-11-8-18(25)9-12-20/h2-12,14H,13,15H2,1H3,(H,27,31). The van der Waals surface area contributed by atoms with Crippen LogP contribution in [0, 0.1) is 6.92 Å². The summed E-state index contributed by atoms with van der Waals surface area (Å²) in [5, 5.41) is 13.5. The van der Waals surface area contributed by atoms with Gasteiger partial charge in [0.1, 0.15) is 5.82 Å². The summed E-state index contributed by atoms with van der Waals surface area (Å²) >= 11 is 13.6. The minimum absolute atomic E-state index is 0.148. The number of benzene rings is 3. The molecule has 0 unspecified atom stereocenters. The van der Waals surface area contributed by atoms with Crippen LogP contribution in [0.4, 0.5) is 5.69 Å². The lowest BCUT2D eigenvalue weighted by molar-refractivity contribution is -0.113. The van der Waals surface area contributed by atoms with Crippen molar-refractivity contribution in [1.82, 2.24) is 14.8 Å². The number of hydrogen-bond donors (Lipinski definition) is 1. The van der Waals surface area contributed by atoms with Gasteiger partial charge in [-0.25, -0.2) is 0 Å². The Balaban J connectivity index is 1.54. The van der Waals surface area contributed by atoms with Crippen molar-refractivity contribution < 1.29 is 4.79 Å². The first-order valence-corrected chi connectivity index (χ1v) is 11.7. The van der Waals surface area contributed by atoms with Crippen LogP contribution in [0.1, 0.15) is 17.0 Å². The first kappa shape index (κ1) is 22.4. The summed E-state index contributed by atoms with van der Waals surface area (Å²) in [5.41, 5.74) is 3.63. The molecule has 0 bridgehead atoms. The van der Waals surface area contributed by atoms with Gasteiger partial charge in [-0.2, -0.15) is 0 Å². The Bertz CT molecular complexity index is 1230. The highest BCUT2D eigenvalue weighted by atomic mass is 35.5. The zero-order chi connectivity index (χ0) is 22.5. The third kappa shape index (κ3) is 5.51. The molecule has 0 saturated carbocycles. The first-order chi connectivity index (χ1) is 15.5. The van der Waals surface area contributed by atoms with E-state index in [9.17, 15) is 4.79 Å². The molecule has 0 atom stereocenters. The molecule has 0 fully saturated rings. The zero-order valence-corrected chi connectivity index (χ0v) is 19.6. The number of anilines is 1. The number of aryl methyl sites for hydroxylation is 1. The molecule has 32 heavy (non-hydrogen) atoms. The molecule has 5 nitrogen and oxygen atoms in total. The van der Waals surface area contributed by atoms with Crippen LogP contribution in [-0.2, 0) is 11.2 Å². The average Bonchev–Trinajstić information content (AvgIpc) is 3.18. The van der Waals surface area contributed by atoms with E-state index in [1.807, 2.05) is 78.2 Å². The van der Waals surface area contributed by atoms with E-state index in [2.05, 4.69) is 15.5 Å². The largest absolute Gasteiger partial charge is 0.325 e. The molecule has 1 aromatic heterocycles.